The molecular formula is C31H35N9O3S. The van der Waals surface area contributed by atoms with Gasteiger partial charge >= 0.3 is 6.03 Å². The van der Waals surface area contributed by atoms with Gasteiger partial charge in [0.05, 0.1) is 29.3 Å². The number of nitrogens with one attached hydrogen (secondary N) is 1. The van der Waals surface area contributed by atoms with Crippen LogP contribution in [0.5, 0.6) is 0 Å². The maximum absolute atomic E-state index is 13.9. The predicted octanol–water partition coefficient (Wildman–Crippen LogP) is 3.04. The molecular weight excluding hydrogens is 578 g/mol. The molecule has 228 valence electrons. The van der Waals surface area contributed by atoms with Crippen LogP contribution in [0.3, 0.4) is 0 Å². The van der Waals surface area contributed by atoms with Gasteiger partial charge in [-0.25, -0.2) is 24.8 Å². The zero-order valence-corrected chi connectivity index (χ0v) is 25.4. The third kappa shape index (κ3) is 5.26. The maximum Gasteiger partial charge on any atom is 0.333 e. The standard InChI is InChI=1S/C31H35N9O3S/c1-4-13-37(30(42)34-16-22-9-6-5-7-10-22)38-19-27(41)40-25-14-21(2)15-33-20-39(43)31(25,3)36(18-26(38)40)17-23-11-8-12-24-28(23)35-29(32)44-24/h1,5-12,15,20,25-26,43H,13-14,16-19H2,2-3H3,(H2,32,35)(H,34,42)/b21-15+,33-20?/t25-,26+,31?/m0/s1. The zero-order valence-electron chi connectivity index (χ0n) is 24.6. The van der Waals surface area contributed by atoms with Crippen LogP contribution in [0.1, 0.15) is 31.4 Å². The molecule has 3 aliphatic rings. The first-order valence-corrected chi connectivity index (χ1v) is 15.2. The number of rotatable bonds is 6. The van der Waals surface area contributed by atoms with Crippen LogP contribution in [0.25, 0.3) is 10.2 Å². The van der Waals surface area contributed by atoms with Gasteiger partial charge in [-0.2, -0.15) is 5.01 Å². The first-order valence-electron chi connectivity index (χ1n) is 14.4. The summed E-state index contributed by atoms with van der Waals surface area (Å²) in [5, 5.41) is 19.2. The number of carbonyl (C=O) groups is 2. The first-order chi connectivity index (χ1) is 21.2. The Bertz CT molecular complexity index is 1670. The van der Waals surface area contributed by atoms with Gasteiger partial charge in [-0.05, 0) is 37.5 Å². The van der Waals surface area contributed by atoms with Gasteiger partial charge in [0, 0.05) is 25.8 Å². The molecule has 3 atom stereocenters. The Balaban J connectivity index is 1.37. The number of amides is 3. The van der Waals surface area contributed by atoms with Crippen molar-refractivity contribution in [3.05, 3.63) is 71.4 Å². The summed E-state index contributed by atoms with van der Waals surface area (Å²) in [4.78, 5) is 40.3. The number of hydroxylamine groups is 2. The minimum atomic E-state index is -1.07. The summed E-state index contributed by atoms with van der Waals surface area (Å²) in [7, 11) is 0. The second kappa shape index (κ2) is 11.9. The quantitative estimate of drug-likeness (QED) is 0.362. The number of piperazine rings is 1. The Kier molecular flexibility index (Phi) is 8.00. The fourth-order valence-electron chi connectivity index (χ4n) is 6.40. The van der Waals surface area contributed by atoms with Crippen LogP contribution in [-0.4, -0.2) is 90.9 Å². The summed E-state index contributed by atoms with van der Waals surface area (Å²) in [5.41, 5.74) is 8.62. The lowest BCUT2D eigenvalue weighted by molar-refractivity contribution is -0.236. The highest BCUT2D eigenvalue weighted by Gasteiger charge is 2.59. The number of benzene rings is 2. The third-order valence-corrected chi connectivity index (χ3v) is 9.49. The number of fused-ring (bicyclic) bond motifs is 4. The van der Waals surface area contributed by atoms with Crippen LogP contribution in [0.2, 0.25) is 0 Å². The number of nitrogens with two attached hydrogens (primary N) is 1. The number of hydrogen-bond donors (Lipinski definition) is 3. The van der Waals surface area contributed by atoms with E-state index in [1.807, 2.05) is 62.4 Å². The molecule has 2 fully saturated rings. The zero-order chi connectivity index (χ0) is 31.0. The number of aromatic nitrogens is 1. The number of hydrogen-bond acceptors (Lipinski definition) is 10. The smallest absolute Gasteiger partial charge is 0.333 e. The average molecular weight is 614 g/mol. The molecule has 3 aliphatic heterocycles. The van der Waals surface area contributed by atoms with Crippen molar-refractivity contribution in [3.8, 4) is 12.3 Å². The van der Waals surface area contributed by atoms with Crippen LogP contribution >= 0.6 is 11.3 Å². The second-order valence-electron chi connectivity index (χ2n) is 11.4. The number of urea groups is 1. The Morgan fingerprint density at radius 1 is 1.27 bits per heavy atom. The molecule has 6 rings (SSSR count). The summed E-state index contributed by atoms with van der Waals surface area (Å²) in [6.45, 7) is 4.82. The maximum atomic E-state index is 13.9. The molecule has 13 heteroatoms. The van der Waals surface area contributed by atoms with Crippen molar-refractivity contribution in [2.75, 3.05) is 25.4 Å². The minimum absolute atomic E-state index is 0.0186. The van der Waals surface area contributed by atoms with Gasteiger partial charge < -0.3 is 16.0 Å². The summed E-state index contributed by atoms with van der Waals surface area (Å²) >= 11 is 1.42. The predicted molar refractivity (Wildman–Crippen MR) is 169 cm³/mol. The molecule has 0 aliphatic carbocycles. The van der Waals surface area contributed by atoms with Gasteiger partial charge in [0.15, 0.2) is 5.13 Å². The molecule has 1 unspecified atom stereocenters. The van der Waals surface area contributed by atoms with Crippen molar-refractivity contribution in [2.45, 2.75) is 51.2 Å². The normalized spacial score (nSPS) is 25.0. The van der Waals surface area contributed by atoms with Crippen molar-refractivity contribution in [3.63, 3.8) is 0 Å². The Morgan fingerprint density at radius 2 is 2.07 bits per heavy atom. The van der Waals surface area contributed by atoms with Crippen molar-refractivity contribution in [1.29, 1.82) is 0 Å². The summed E-state index contributed by atoms with van der Waals surface area (Å²) in [6.07, 6.45) is 8.74. The lowest BCUT2D eigenvalue weighted by Crippen LogP contribution is -2.76. The number of nitrogen functional groups attached to an aromatic ring is 1. The summed E-state index contributed by atoms with van der Waals surface area (Å²) in [5.74, 6) is 2.43. The molecule has 4 N–H and O–H groups in total. The molecule has 44 heavy (non-hydrogen) atoms. The number of hydrazine groups is 1. The van der Waals surface area contributed by atoms with E-state index in [1.165, 1.54) is 22.7 Å². The number of thiazole rings is 1. The van der Waals surface area contributed by atoms with Crippen molar-refractivity contribution >= 4 is 45.0 Å². The van der Waals surface area contributed by atoms with Crippen molar-refractivity contribution in [1.82, 2.24) is 35.2 Å². The van der Waals surface area contributed by atoms with Gasteiger partial charge in [-0.15, -0.1) is 6.42 Å². The minimum Gasteiger partial charge on any atom is -0.375 e. The highest BCUT2D eigenvalue weighted by molar-refractivity contribution is 7.22. The fraction of sp³-hybridized carbons (Fsp3) is 0.355. The highest BCUT2D eigenvalue weighted by Crippen LogP contribution is 2.42. The number of terminal acetylenes is 1. The SMILES string of the molecule is C#CCN(C(=O)NCc1ccccc1)N1CC(=O)N2[C@H]3C/C(C)=C/N=CN(O)C3(C)N(Cc3cccc4sc(N)nc34)C[C@@H]21. The van der Waals surface area contributed by atoms with Gasteiger partial charge in [-0.1, -0.05) is 65.3 Å². The molecule has 1 aromatic heterocycles. The molecule has 2 saturated heterocycles. The molecule has 0 bridgehead atoms. The van der Waals surface area contributed by atoms with Gasteiger partial charge in [0.2, 0.25) is 5.91 Å². The van der Waals surface area contributed by atoms with Crippen LogP contribution in [-0.2, 0) is 17.9 Å². The van der Waals surface area contributed by atoms with Gasteiger partial charge in [0.25, 0.3) is 0 Å². The highest BCUT2D eigenvalue weighted by atomic mass is 32.1. The molecule has 3 aromatic rings. The topological polar surface area (TPSA) is 134 Å². The molecule has 4 heterocycles. The molecule has 2 aromatic carbocycles. The number of para-hydroxylation sites is 1. The van der Waals surface area contributed by atoms with E-state index in [4.69, 9.17) is 12.2 Å². The van der Waals surface area contributed by atoms with E-state index in [2.05, 4.69) is 26.1 Å². The van der Waals surface area contributed by atoms with Gasteiger partial charge in [0.1, 0.15) is 18.2 Å². The number of aliphatic imine (C=N–C) groups is 1. The van der Waals surface area contributed by atoms with Crippen LogP contribution < -0.4 is 11.1 Å². The van der Waals surface area contributed by atoms with Crippen LogP contribution in [0, 0.1) is 12.3 Å². The number of nitrogens with zero attached hydrogens (tertiary/aromatic N) is 7. The number of anilines is 1. The third-order valence-electron chi connectivity index (χ3n) is 8.64. The van der Waals surface area contributed by atoms with E-state index in [9.17, 15) is 14.8 Å². The molecule has 3 amide bonds. The van der Waals surface area contributed by atoms with E-state index in [0.717, 1.165) is 32.0 Å². The average Bonchev–Trinajstić information content (AvgIpc) is 3.55. The molecule has 0 radical (unpaired) electrons. The van der Waals surface area contributed by atoms with E-state index in [1.54, 1.807) is 16.1 Å². The molecule has 0 spiro atoms. The van der Waals surface area contributed by atoms with Crippen molar-refractivity contribution in [2.24, 2.45) is 4.99 Å². The Morgan fingerprint density at radius 3 is 2.84 bits per heavy atom. The van der Waals surface area contributed by atoms with E-state index >= 15 is 0 Å². The van der Waals surface area contributed by atoms with E-state index < -0.39 is 23.9 Å². The monoisotopic (exact) mass is 613 g/mol. The van der Waals surface area contributed by atoms with E-state index in [-0.39, 0.29) is 19.0 Å². The fourth-order valence-corrected chi connectivity index (χ4v) is 7.18. The second-order valence-corrected chi connectivity index (χ2v) is 12.4. The van der Waals surface area contributed by atoms with Crippen LogP contribution in [0.15, 0.2) is 65.3 Å². The largest absolute Gasteiger partial charge is 0.375 e. The Labute approximate surface area is 260 Å². The molecule has 12 nitrogen and oxygen atoms in total. The molecule has 0 saturated carbocycles. The summed E-state index contributed by atoms with van der Waals surface area (Å²) in [6, 6.07) is 14.6. The van der Waals surface area contributed by atoms with Crippen molar-refractivity contribution < 1.29 is 14.8 Å². The van der Waals surface area contributed by atoms with Crippen LogP contribution in [0.4, 0.5) is 9.93 Å². The summed E-state index contributed by atoms with van der Waals surface area (Å²) < 4.78 is 0.965. The number of carbonyl (C=O) groups excluding carboxylic acids is 2. The first kappa shape index (κ1) is 29.6. The van der Waals surface area contributed by atoms with Gasteiger partial charge in [-0.3, -0.25) is 14.9 Å². The van der Waals surface area contributed by atoms with E-state index in [0.29, 0.717) is 31.2 Å². The lowest BCUT2D eigenvalue weighted by atomic mass is 9.88. The lowest BCUT2D eigenvalue weighted by Gasteiger charge is -2.58. The Hall–Kier alpha value is -4.48.